The molecule has 1 N–H and O–H groups in total. The van der Waals surface area contributed by atoms with E-state index in [9.17, 15) is 9.59 Å². The third kappa shape index (κ3) is 4.60. The largest absolute Gasteiger partial charge is 0.484 e. The molecule has 7 heteroatoms. The molecule has 2 heterocycles. The predicted molar refractivity (Wildman–Crippen MR) is 116 cm³/mol. The lowest BCUT2D eigenvalue weighted by Crippen LogP contribution is -2.35. The summed E-state index contributed by atoms with van der Waals surface area (Å²) in [5.41, 5.74) is 2.60. The van der Waals surface area contributed by atoms with Gasteiger partial charge in [0.25, 0.3) is 11.8 Å². The van der Waals surface area contributed by atoms with Gasteiger partial charge in [-0.2, -0.15) is 0 Å². The van der Waals surface area contributed by atoms with Crippen molar-refractivity contribution in [3.63, 3.8) is 0 Å². The van der Waals surface area contributed by atoms with E-state index >= 15 is 0 Å². The predicted octanol–water partition coefficient (Wildman–Crippen LogP) is 5.01. The van der Waals surface area contributed by atoms with Crippen LogP contribution >= 0.6 is 22.9 Å². The van der Waals surface area contributed by atoms with E-state index < -0.39 is 0 Å². The van der Waals surface area contributed by atoms with Gasteiger partial charge in [0.15, 0.2) is 6.61 Å². The number of halogens is 1. The summed E-state index contributed by atoms with van der Waals surface area (Å²) in [6.45, 7) is 0.553. The van der Waals surface area contributed by atoms with Gasteiger partial charge in [0.2, 0.25) is 0 Å². The molecule has 29 heavy (non-hydrogen) atoms. The number of fused-ring (bicyclic) bond motifs is 1. The number of anilines is 2. The molecule has 1 aromatic heterocycles. The number of benzene rings is 2. The summed E-state index contributed by atoms with van der Waals surface area (Å²) < 4.78 is 5.48. The molecule has 0 atom stereocenters. The Morgan fingerprint density at radius 1 is 1.14 bits per heavy atom. The van der Waals surface area contributed by atoms with Crippen molar-refractivity contribution < 1.29 is 14.3 Å². The van der Waals surface area contributed by atoms with Crippen LogP contribution in [0.4, 0.5) is 11.4 Å². The average Bonchev–Trinajstić information content (AvgIpc) is 3.27. The van der Waals surface area contributed by atoms with E-state index in [1.807, 2.05) is 35.7 Å². The van der Waals surface area contributed by atoms with Gasteiger partial charge in [-0.25, -0.2) is 0 Å². The second kappa shape index (κ2) is 8.68. The van der Waals surface area contributed by atoms with E-state index in [0.717, 1.165) is 24.1 Å². The van der Waals surface area contributed by atoms with Crippen LogP contribution in [0.5, 0.6) is 5.75 Å². The third-order valence-corrected chi connectivity index (χ3v) is 5.76. The number of nitrogens with one attached hydrogen (secondary N) is 1. The summed E-state index contributed by atoms with van der Waals surface area (Å²) in [6, 6.07) is 16.2. The molecule has 0 fully saturated rings. The van der Waals surface area contributed by atoms with Crippen LogP contribution in [0.2, 0.25) is 5.02 Å². The number of thiophene rings is 1. The second-order valence-corrected chi connectivity index (χ2v) is 8.06. The Labute approximate surface area is 177 Å². The molecular formula is C22H19ClN2O3S. The summed E-state index contributed by atoms with van der Waals surface area (Å²) in [5.74, 6) is 0.296. The fourth-order valence-electron chi connectivity index (χ4n) is 3.27. The second-order valence-electron chi connectivity index (χ2n) is 6.67. The summed E-state index contributed by atoms with van der Waals surface area (Å²) in [4.78, 5) is 27.6. The number of rotatable bonds is 5. The first-order valence-electron chi connectivity index (χ1n) is 9.27. The number of aryl methyl sites for hydroxylation is 1. The van der Waals surface area contributed by atoms with Crippen molar-refractivity contribution in [2.24, 2.45) is 0 Å². The molecule has 1 aliphatic heterocycles. The fourth-order valence-corrected chi connectivity index (χ4v) is 4.07. The molecule has 148 valence electrons. The smallest absolute Gasteiger partial charge is 0.268 e. The van der Waals surface area contributed by atoms with Crippen molar-refractivity contribution in [1.29, 1.82) is 0 Å². The standard InChI is InChI=1S/C22H19ClN2O3S/c23-16-6-9-18(10-7-16)28-14-21(26)24-17-8-5-15-3-1-11-25(19(15)13-17)22(27)20-4-2-12-29-20/h2,4-10,12-13H,1,3,11,14H2,(H,24,26). The van der Waals surface area contributed by atoms with Crippen LogP contribution in [0.15, 0.2) is 60.0 Å². The van der Waals surface area contributed by atoms with Gasteiger partial charge in [-0.05, 0) is 66.2 Å². The van der Waals surface area contributed by atoms with E-state index in [2.05, 4.69) is 5.32 Å². The SMILES string of the molecule is O=C(COc1ccc(Cl)cc1)Nc1ccc2c(c1)N(C(=O)c1cccs1)CCC2. The van der Waals surface area contributed by atoms with Crippen LogP contribution in [0.25, 0.3) is 0 Å². The maximum atomic E-state index is 12.9. The summed E-state index contributed by atoms with van der Waals surface area (Å²) >= 11 is 7.28. The zero-order chi connectivity index (χ0) is 20.2. The molecule has 0 unspecified atom stereocenters. The minimum absolute atomic E-state index is 0.00417. The number of hydrogen-bond acceptors (Lipinski definition) is 4. The molecule has 0 aliphatic carbocycles. The monoisotopic (exact) mass is 426 g/mol. The Kier molecular flexibility index (Phi) is 5.83. The van der Waals surface area contributed by atoms with Crippen molar-refractivity contribution in [3.8, 4) is 5.75 Å². The number of carbonyl (C=O) groups excluding carboxylic acids is 2. The lowest BCUT2D eigenvalue weighted by Gasteiger charge is -2.29. The first-order chi connectivity index (χ1) is 14.1. The molecule has 1 aliphatic rings. The highest BCUT2D eigenvalue weighted by atomic mass is 35.5. The quantitative estimate of drug-likeness (QED) is 0.623. The Bertz CT molecular complexity index is 1020. The molecule has 0 saturated carbocycles. The van der Waals surface area contributed by atoms with Gasteiger partial charge < -0.3 is 15.0 Å². The van der Waals surface area contributed by atoms with E-state index in [0.29, 0.717) is 27.9 Å². The molecular weight excluding hydrogens is 408 g/mol. The third-order valence-electron chi connectivity index (χ3n) is 4.65. The van der Waals surface area contributed by atoms with Crippen LogP contribution in [0.3, 0.4) is 0 Å². The van der Waals surface area contributed by atoms with E-state index in [1.165, 1.54) is 11.3 Å². The first kappa shape index (κ1) is 19.5. The van der Waals surface area contributed by atoms with Gasteiger partial charge in [0, 0.05) is 22.9 Å². The zero-order valence-corrected chi connectivity index (χ0v) is 17.1. The fraction of sp³-hybridized carbons (Fsp3) is 0.182. The maximum Gasteiger partial charge on any atom is 0.268 e. The van der Waals surface area contributed by atoms with Gasteiger partial charge in [0.1, 0.15) is 5.75 Å². The van der Waals surface area contributed by atoms with Crippen molar-refractivity contribution in [2.45, 2.75) is 12.8 Å². The topological polar surface area (TPSA) is 58.6 Å². The van der Waals surface area contributed by atoms with Crippen LogP contribution in [0.1, 0.15) is 21.7 Å². The molecule has 0 bridgehead atoms. The molecule has 3 aromatic rings. The normalized spacial score (nSPS) is 12.9. The molecule has 2 aromatic carbocycles. The molecule has 0 spiro atoms. The van der Waals surface area contributed by atoms with Crippen molar-refractivity contribution in [2.75, 3.05) is 23.4 Å². The van der Waals surface area contributed by atoms with Crippen LogP contribution in [-0.4, -0.2) is 25.0 Å². The molecule has 4 rings (SSSR count). The van der Waals surface area contributed by atoms with Gasteiger partial charge in [-0.15, -0.1) is 11.3 Å². The van der Waals surface area contributed by atoms with Gasteiger partial charge in [-0.3, -0.25) is 9.59 Å². The Balaban J connectivity index is 1.45. The Morgan fingerprint density at radius 3 is 2.72 bits per heavy atom. The molecule has 0 radical (unpaired) electrons. The van der Waals surface area contributed by atoms with E-state index in [4.69, 9.17) is 16.3 Å². The van der Waals surface area contributed by atoms with Crippen LogP contribution in [-0.2, 0) is 11.2 Å². The Morgan fingerprint density at radius 2 is 1.97 bits per heavy atom. The van der Waals surface area contributed by atoms with E-state index in [1.54, 1.807) is 29.2 Å². The number of amides is 2. The molecule has 5 nitrogen and oxygen atoms in total. The zero-order valence-electron chi connectivity index (χ0n) is 15.6. The van der Waals surface area contributed by atoms with Crippen LogP contribution in [0, 0.1) is 0 Å². The molecule has 0 saturated heterocycles. The number of nitrogens with zero attached hydrogens (tertiary/aromatic N) is 1. The lowest BCUT2D eigenvalue weighted by molar-refractivity contribution is -0.118. The first-order valence-corrected chi connectivity index (χ1v) is 10.5. The number of ether oxygens (including phenoxy) is 1. The number of hydrogen-bond donors (Lipinski definition) is 1. The highest BCUT2D eigenvalue weighted by molar-refractivity contribution is 7.12. The van der Waals surface area contributed by atoms with Crippen LogP contribution < -0.4 is 15.0 Å². The average molecular weight is 427 g/mol. The summed E-state index contributed by atoms with van der Waals surface area (Å²) in [5, 5.41) is 5.35. The van der Waals surface area contributed by atoms with Crippen molar-refractivity contribution in [1.82, 2.24) is 0 Å². The van der Waals surface area contributed by atoms with Gasteiger partial charge in [0.05, 0.1) is 4.88 Å². The van der Waals surface area contributed by atoms with Gasteiger partial charge >= 0.3 is 0 Å². The van der Waals surface area contributed by atoms with Gasteiger partial charge in [-0.1, -0.05) is 23.7 Å². The minimum Gasteiger partial charge on any atom is -0.484 e. The summed E-state index contributed by atoms with van der Waals surface area (Å²) in [6.07, 6.45) is 1.84. The highest BCUT2D eigenvalue weighted by Gasteiger charge is 2.24. The summed E-state index contributed by atoms with van der Waals surface area (Å²) in [7, 11) is 0. The van der Waals surface area contributed by atoms with Crippen molar-refractivity contribution in [3.05, 3.63) is 75.4 Å². The number of carbonyl (C=O) groups is 2. The Hall–Kier alpha value is -2.83. The minimum atomic E-state index is -0.271. The van der Waals surface area contributed by atoms with Crippen molar-refractivity contribution >= 4 is 46.1 Å². The highest BCUT2D eigenvalue weighted by Crippen LogP contribution is 2.32. The lowest BCUT2D eigenvalue weighted by atomic mass is 10.0. The molecule has 2 amide bonds. The maximum absolute atomic E-state index is 12.9. The van der Waals surface area contributed by atoms with E-state index in [-0.39, 0.29) is 18.4 Å².